The third-order valence-electron chi connectivity index (χ3n) is 2.60. The van der Waals surface area contributed by atoms with Crippen molar-refractivity contribution in [1.29, 1.82) is 0 Å². The highest BCUT2D eigenvalue weighted by Gasteiger charge is 2.15. The van der Waals surface area contributed by atoms with Crippen LogP contribution < -0.4 is 0 Å². The zero-order valence-electron chi connectivity index (χ0n) is 9.51. The van der Waals surface area contributed by atoms with Crippen LogP contribution in [0.1, 0.15) is 20.8 Å². The van der Waals surface area contributed by atoms with Crippen LogP contribution in [0.15, 0.2) is 28.1 Å². The van der Waals surface area contributed by atoms with Crippen molar-refractivity contribution in [2.75, 3.05) is 0 Å². The van der Waals surface area contributed by atoms with Gasteiger partial charge in [0.1, 0.15) is 11.6 Å². The maximum Gasteiger partial charge on any atom is 0.129 e. The highest BCUT2D eigenvalue weighted by molar-refractivity contribution is 9.11. The smallest absolute Gasteiger partial charge is 0.129 e. The highest BCUT2D eigenvalue weighted by Crippen LogP contribution is 2.37. The monoisotopic (exact) mass is 394 g/mol. The van der Waals surface area contributed by atoms with Crippen molar-refractivity contribution in [3.63, 3.8) is 0 Å². The molecule has 0 N–H and O–H groups in total. The first kappa shape index (κ1) is 14.2. The number of thiophene rings is 1. The quantitative estimate of drug-likeness (QED) is 0.578. The fourth-order valence-corrected chi connectivity index (χ4v) is 3.93. The third kappa shape index (κ3) is 3.19. The van der Waals surface area contributed by atoms with Gasteiger partial charge in [0.15, 0.2) is 0 Å². The fraction of sp³-hybridized carbons (Fsp3) is 0.231. The van der Waals surface area contributed by atoms with Crippen molar-refractivity contribution in [1.82, 2.24) is 0 Å². The number of hydrogen-bond donors (Lipinski definition) is 0. The van der Waals surface area contributed by atoms with Gasteiger partial charge in [-0.25, -0.2) is 8.78 Å². The van der Waals surface area contributed by atoms with E-state index in [2.05, 4.69) is 37.9 Å². The maximum absolute atomic E-state index is 13.5. The van der Waals surface area contributed by atoms with Gasteiger partial charge >= 0.3 is 0 Å². The van der Waals surface area contributed by atoms with E-state index in [0.717, 1.165) is 14.7 Å². The summed E-state index contributed by atoms with van der Waals surface area (Å²) in [5.41, 5.74) is 1.68. The predicted octanol–water partition coefficient (Wildman–Crippen LogP) is 5.78. The SMILES string of the molecule is Cc1cc(C(Br)Cc2ccc(F)cc2F)sc1Br. The minimum atomic E-state index is -0.544. The molecule has 2 rings (SSSR count). The highest BCUT2D eigenvalue weighted by atomic mass is 79.9. The largest absolute Gasteiger partial charge is 0.207 e. The van der Waals surface area contributed by atoms with Crippen LogP contribution in [-0.2, 0) is 6.42 Å². The first-order valence-electron chi connectivity index (χ1n) is 5.31. The van der Waals surface area contributed by atoms with Gasteiger partial charge in [0.2, 0.25) is 0 Å². The van der Waals surface area contributed by atoms with Crippen LogP contribution in [0.4, 0.5) is 8.78 Å². The minimum Gasteiger partial charge on any atom is -0.207 e. The van der Waals surface area contributed by atoms with Crippen molar-refractivity contribution in [2.45, 2.75) is 18.2 Å². The Morgan fingerprint density at radius 3 is 2.56 bits per heavy atom. The molecule has 0 fully saturated rings. The first-order chi connectivity index (χ1) is 8.47. The van der Waals surface area contributed by atoms with Crippen molar-refractivity contribution in [3.05, 3.63) is 55.7 Å². The zero-order valence-corrected chi connectivity index (χ0v) is 13.5. The van der Waals surface area contributed by atoms with E-state index < -0.39 is 11.6 Å². The van der Waals surface area contributed by atoms with Gasteiger partial charge in [-0.1, -0.05) is 22.0 Å². The van der Waals surface area contributed by atoms with Gasteiger partial charge in [-0.05, 0) is 52.5 Å². The van der Waals surface area contributed by atoms with Gasteiger partial charge in [-0.2, -0.15) is 0 Å². The number of halogens is 4. The molecule has 0 aliphatic rings. The molecule has 1 aromatic carbocycles. The lowest BCUT2D eigenvalue weighted by atomic mass is 10.1. The molecule has 0 saturated heterocycles. The Kier molecular flexibility index (Phi) is 4.56. The van der Waals surface area contributed by atoms with Gasteiger partial charge in [-0.15, -0.1) is 11.3 Å². The summed E-state index contributed by atoms with van der Waals surface area (Å²) in [5.74, 6) is -1.04. The number of hydrogen-bond acceptors (Lipinski definition) is 1. The van der Waals surface area contributed by atoms with Crippen LogP contribution in [0.2, 0.25) is 0 Å². The molecule has 0 saturated carbocycles. The van der Waals surface area contributed by atoms with Crippen LogP contribution in [0.5, 0.6) is 0 Å². The molecule has 2 aromatic rings. The third-order valence-corrected chi connectivity index (χ3v) is 5.97. The molecule has 5 heteroatoms. The van der Waals surface area contributed by atoms with Crippen LogP contribution in [0.3, 0.4) is 0 Å². The molecule has 0 bridgehead atoms. The number of aryl methyl sites for hydroxylation is 1. The van der Waals surface area contributed by atoms with Crippen LogP contribution in [-0.4, -0.2) is 0 Å². The molecule has 0 aliphatic heterocycles. The van der Waals surface area contributed by atoms with Gasteiger partial charge in [0.05, 0.1) is 8.61 Å². The minimum absolute atomic E-state index is 0.0347. The van der Waals surface area contributed by atoms with Crippen LogP contribution in [0, 0.1) is 18.6 Å². The van der Waals surface area contributed by atoms with E-state index in [0.29, 0.717) is 12.0 Å². The molecule has 1 aromatic heterocycles. The Morgan fingerprint density at radius 2 is 2.00 bits per heavy atom. The first-order valence-corrected chi connectivity index (χ1v) is 7.83. The van der Waals surface area contributed by atoms with Crippen molar-refractivity contribution in [3.8, 4) is 0 Å². The summed E-state index contributed by atoms with van der Waals surface area (Å²) in [6, 6.07) is 5.77. The summed E-state index contributed by atoms with van der Waals surface area (Å²) in [7, 11) is 0. The summed E-state index contributed by atoms with van der Waals surface area (Å²) in [4.78, 5) is 1.16. The summed E-state index contributed by atoms with van der Waals surface area (Å²) >= 11 is 8.64. The second kappa shape index (κ2) is 5.80. The van der Waals surface area contributed by atoms with E-state index in [1.165, 1.54) is 17.7 Å². The Bertz CT molecular complexity index is 547. The molecule has 1 heterocycles. The van der Waals surface area contributed by atoms with E-state index in [-0.39, 0.29) is 4.83 Å². The van der Waals surface area contributed by atoms with Gasteiger partial charge in [0, 0.05) is 10.9 Å². The molecule has 18 heavy (non-hydrogen) atoms. The Hall–Kier alpha value is -0.260. The molecule has 0 nitrogen and oxygen atoms in total. The molecule has 0 radical (unpaired) electrons. The topological polar surface area (TPSA) is 0 Å². The Morgan fingerprint density at radius 1 is 1.28 bits per heavy atom. The van der Waals surface area contributed by atoms with Gasteiger partial charge in [-0.3, -0.25) is 0 Å². The molecular formula is C13H10Br2F2S. The summed E-state index contributed by atoms with van der Waals surface area (Å²) < 4.78 is 27.4. The van der Waals surface area contributed by atoms with Crippen molar-refractivity contribution >= 4 is 43.2 Å². The fourth-order valence-electron chi connectivity index (χ4n) is 1.62. The molecular weight excluding hydrogens is 386 g/mol. The standard InChI is InChI=1S/C13H10Br2F2S/c1-7-4-12(18-13(7)15)10(14)5-8-2-3-9(16)6-11(8)17/h2-4,6,10H,5H2,1H3. The van der Waals surface area contributed by atoms with E-state index in [1.54, 1.807) is 11.3 Å². The predicted molar refractivity (Wildman–Crippen MR) is 78.5 cm³/mol. The zero-order chi connectivity index (χ0) is 13.3. The second-order valence-corrected chi connectivity index (χ2v) is 7.52. The molecule has 0 spiro atoms. The lowest BCUT2D eigenvalue weighted by Gasteiger charge is -2.08. The summed E-state index contributed by atoms with van der Waals surface area (Å²) in [5, 5.41) is 0. The number of benzene rings is 1. The van der Waals surface area contributed by atoms with Crippen LogP contribution >= 0.6 is 43.2 Å². The number of alkyl halides is 1. The maximum atomic E-state index is 13.5. The van der Waals surface area contributed by atoms with Crippen molar-refractivity contribution in [2.24, 2.45) is 0 Å². The summed E-state index contributed by atoms with van der Waals surface area (Å²) in [6.45, 7) is 2.02. The van der Waals surface area contributed by atoms with Crippen molar-refractivity contribution < 1.29 is 8.78 Å². The molecule has 1 unspecified atom stereocenters. The molecule has 0 amide bonds. The van der Waals surface area contributed by atoms with Gasteiger partial charge < -0.3 is 0 Å². The van der Waals surface area contributed by atoms with E-state index in [9.17, 15) is 8.78 Å². The lowest BCUT2D eigenvalue weighted by molar-refractivity contribution is 0.571. The molecule has 96 valence electrons. The Labute approximate surface area is 125 Å². The van der Waals surface area contributed by atoms with Gasteiger partial charge in [0.25, 0.3) is 0 Å². The van der Waals surface area contributed by atoms with Crippen LogP contribution in [0.25, 0.3) is 0 Å². The summed E-state index contributed by atoms with van der Waals surface area (Å²) in [6.07, 6.45) is 0.499. The average molecular weight is 396 g/mol. The lowest BCUT2D eigenvalue weighted by Crippen LogP contribution is -1.97. The van der Waals surface area contributed by atoms with E-state index in [1.807, 2.05) is 6.92 Å². The second-order valence-electron chi connectivity index (χ2n) is 4.01. The van der Waals surface area contributed by atoms with E-state index >= 15 is 0 Å². The van der Waals surface area contributed by atoms with E-state index in [4.69, 9.17) is 0 Å². The normalized spacial score (nSPS) is 12.7. The average Bonchev–Trinajstić information content (AvgIpc) is 2.63. The molecule has 0 aliphatic carbocycles. The Balaban J connectivity index is 2.18. The molecule has 1 atom stereocenters. The number of rotatable bonds is 3.